The Hall–Kier alpha value is -2.39. The van der Waals surface area contributed by atoms with Crippen molar-refractivity contribution < 1.29 is 34.2 Å². The summed E-state index contributed by atoms with van der Waals surface area (Å²) in [5.41, 5.74) is -1.68. The normalized spacial score (nSPS) is 41.0. The van der Waals surface area contributed by atoms with Crippen LogP contribution in [0.25, 0.3) is 0 Å². The summed E-state index contributed by atoms with van der Waals surface area (Å²) in [6.07, 6.45) is 6.58. The van der Waals surface area contributed by atoms with E-state index >= 15 is 0 Å². The van der Waals surface area contributed by atoms with Gasteiger partial charge in [0.2, 0.25) is 11.8 Å². The van der Waals surface area contributed by atoms with Gasteiger partial charge in [0, 0.05) is 31.2 Å². The van der Waals surface area contributed by atoms with Crippen molar-refractivity contribution in [2.24, 2.45) is 28.6 Å². The van der Waals surface area contributed by atoms with Crippen molar-refractivity contribution in [2.45, 2.75) is 115 Å². The van der Waals surface area contributed by atoms with E-state index in [0.29, 0.717) is 25.8 Å². The van der Waals surface area contributed by atoms with Crippen molar-refractivity contribution in [3.63, 3.8) is 0 Å². The van der Waals surface area contributed by atoms with Crippen LogP contribution < -0.4 is 10.6 Å². The number of aliphatic hydroxyl groups excluding tert-OH is 1. The third-order valence-electron chi connectivity index (χ3n) is 11.4. The molecule has 40 heavy (non-hydrogen) atoms. The minimum atomic E-state index is -1.71. The topological polar surface area (TPSA) is 150 Å². The first-order valence-corrected chi connectivity index (χ1v) is 15.2. The molecule has 9 heteroatoms. The highest BCUT2D eigenvalue weighted by Crippen LogP contribution is 2.67. The highest BCUT2D eigenvalue weighted by molar-refractivity contribution is 6.04. The number of amides is 2. The van der Waals surface area contributed by atoms with Gasteiger partial charge in [-0.2, -0.15) is 0 Å². The van der Waals surface area contributed by atoms with Gasteiger partial charge in [0.25, 0.3) is 0 Å². The van der Waals surface area contributed by atoms with Crippen LogP contribution in [-0.2, 0) is 24.0 Å². The van der Waals surface area contributed by atoms with E-state index in [9.17, 15) is 34.2 Å². The molecule has 0 aromatic heterocycles. The molecule has 0 aromatic rings. The largest absolute Gasteiger partial charge is 0.393 e. The van der Waals surface area contributed by atoms with Gasteiger partial charge in [-0.05, 0) is 87.0 Å². The van der Waals surface area contributed by atoms with E-state index in [0.717, 1.165) is 37.7 Å². The SMILES string of the molecule is C[C@]12CCC(=O)C=C1CC[C@@H]1[C@@H]2[C@@H](O)C[C@@]2(C)[C@H]1CC[C@]2(O)C(=O)CC(=O)CCC(=O)N[C@H]1CCCCNC1=O. The van der Waals surface area contributed by atoms with Gasteiger partial charge in [-0.1, -0.05) is 19.4 Å². The van der Waals surface area contributed by atoms with Gasteiger partial charge >= 0.3 is 0 Å². The summed E-state index contributed by atoms with van der Waals surface area (Å²) < 4.78 is 0. The van der Waals surface area contributed by atoms with Gasteiger partial charge < -0.3 is 20.8 Å². The number of hydrogen-bond acceptors (Lipinski definition) is 7. The van der Waals surface area contributed by atoms with E-state index < -0.39 is 47.1 Å². The van der Waals surface area contributed by atoms with Gasteiger partial charge in [-0.15, -0.1) is 0 Å². The molecule has 220 valence electrons. The average Bonchev–Trinajstić information content (AvgIpc) is 3.02. The number of aliphatic hydroxyl groups is 2. The van der Waals surface area contributed by atoms with Crippen LogP contribution >= 0.6 is 0 Å². The number of allylic oxidation sites excluding steroid dienone is 1. The van der Waals surface area contributed by atoms with Crippen LogP contribution in [0.1, 0.15) is 97.3 Å². The summed E-state index contributed by atoms with van der Waals surface area (Å²) >= 11 is 0. The fraction of sp³-hybridized carbons (Fsp3) is 0.774. The quantitative estimate of drug-likeness (QED) is 0.352. The minimum absolute atomic E-state index is 0.0215. The monoisotopic (exact) mass is 556 g/mol. The van der Waals surface area contributed by atoms with Crippen LogP contribution in [0.5, 0.6) is 0 Å². The van der Waals surface area contributed by atoms with Gasteiger partial charge in [0.05, 0.1) is 12.5 Å². The summed E-state index contributed by atoms with van der Waals surface area (Å²) in [5.74, 6) is -1.25. The highest BCUT2D eigenvalue weighted by atomic mass is 16.3. The Balaban J connectivity index is 1.22. The van der Waals surface area contributed by atoms with E-state index in [1.807, 2.05) is 6.92 Å². The van der Waals surface area contributed by atoms with Gasteiger partial charge in [-0.3, -0.25) is 24.0 Å². The maximum Gasteiger partial charge on any atom is 0.242 e. The Bertz CT molecular complexity index is 1130. The maximum atomic E-state index is 13.5. The molecule has 1 aliphatic heterocycles. The Morgan fingerprint density at radius 2 is 1.82 bits per heavy atom. The molecule has 0 spiro atoms. The molecule has 1 heterocycles. The minimum Gasteiger partial charge on any atom is -0.393 e. The van der Waals surface area contributed by atoms with Crippen LogP contribution in [0.4, 0.5) is 0 Å². The molecule has 5 rings (SSSR count). The lowest BCUT2D eigenvalue weighted by atomic mass is 9.45. The second-order valence-electron chi connectivity index (χ2n) is 13.5. The summed E-state index contributed by atoms with van der Waals surface area (Å²) in [6, 6.07) is -0.605. The predicted octanol–water partition coefficient (Wildman–Crippen LogP) is 2.31. The molecule has 0 aromatic carbocycles. The molecule has 0 radical (unpaired) electrons. The molecule has 9 nitrogen and oxygen atoms in total. The van der Waals surface area contributed by atoms with Crippen molar-refractivity contribution >= 4 is 29.2 Å². The smallest absolute Gasteiger partial charge is 0.242 e. The van der Waals surface area contributed by atoms with Crippen LogP contribution in [-0.4, -0.2) is 63.7 Å². The van der Waals surface area contributed by atoms with E-state index in [1.165, 1.54) is 0 Å². The van der Waals surface area contributed by atoms with E-state index in [2.05, 4.69) is 17.6 Å². The van der Waals surface area contributed by atoms with Gasteiger partial charge in [-0.25, -0.2) is 0 Å². The lowest BCUT2D eigenvalue weighted by molar-refractivity contribution is -0.180. The van der Waals surface area contributed by atoms with Crippen LogP contribution in [0, 0.1) is 28.6 Å². The molecular formula is C31H44N2O7. The molecule has 0 unspecified atom stereocenters. The van der Waals surface area contributed by atoms with Crippen molar-refractivity contribution in [3.8, 4) is 0 Å². The number of nitrogens with one attached hydrogen (secondary N) is 2. The fourth-order valence-electron chi connectivity index (χ4n) is 9.16. The number of fused-ring (bicyclic) bond motifs is 5. The second kappa shape index (κ2) is 10.8. The van der Waals surface area contributed by atoms with Crippen LogP contribution in [0.15, 0.2) is 11.6 Å². The fourth-order valence-corrected chi connectivity index (χ4v) is 9.16. The molecule has 5 aliphatic rings. The summed E-state index contributed by atoms with van der Waals surface area (Å²) in [5, 5.41) is 28.8. The maximum absolute atomic E-state index is 13.5. The van der Waals surface area contributed by atoms with E-state index in [-0.39, 0.29) is 60.5 Å². The third-order valence-corrected chi connectivity index (χ3v) is 11.4. The van der Waals surface area contributed by atoms with Gasteiger partial charge in [0.1, 0.15) is 17.4 Å². The van der Waals surface area contributed by atoms with Crippen molar-refractivity contribution in [1.82, 2.24) is 10.6 Å². The Labute approximate surface area is 235 Å². The van der Waals surface area contributed by atoms with Crippen molar-refractivity contribution in [2.75, 3.05) is 6.54 Å². The predicted molar refractivity (Wildman–Crippen MR) is 146 cm³/mol. The third kappa shape index (κ3) is 4.87. The molecule has 1 saturated heterocycles. The summed E-state index contributed by atoms with van der Waals surface area (Å²) in [4.78, 5) is 62.9. The first kappa shape index (κ1) is 29.1. The van der Waals surface area contributed by atoms with Crippen molar-refractivity contribution in [3.05, 3.63) is 11.6 Å². The number of rotatable bonds is 7. The number of carbonyl (C=O) groups is 5. The summed E-state index contributed by atoms with van der Waals surface area (Å²) in [7, 11) is 0. The molecule has 4 N–H and O–H groups in total. The zero-order valence-electron chi connectivity index (χ0n) is 23.8. The zero-order chi connectivity index (χ0) is 28.9. The first-order valence-electron chi connectivity index (χ1n) is 15.2. The second-order valence-corrected chi connectivity index (χ2v) is 13.5. The molecule has 3 saturated carbocycles. The standard InChI is InChI=1S/C31H44N2O7/c1-29-12-10-20(35)15-18(29)6-8-21-22-11-13-31(40,30(22,2)17-24(36)27(21)29)25(37)16-19(34)7-9-26(38)33-23-5-3-4-14-32-28(23)39/h15,21-24,27,36,40H,3-14,16-17H2,1-2H3,(H,32,39)(H,33,38)/t21-,22-,23-,24-,27+,29-,30-,31-/m0/s1. The Kier molecular flexibility index (Phi) is 7.85. The van der Waals surface area contributed by atoms with E-state index in [4.69, 9.17) is 0 Å². The number of carbonyl (C=O) groups excluding carboxylic acids is 5. The lowest BCUT2D eigenvalue weighted by Crippen LogP contribution is -2.61. The van der Waals surface area contributed by atoms with Gasteiger partial charge in [0.15, 0.2) is 11.6 Å². The molecule has 0 bridgehead atoms. The number of ketones is 3. The molecule has 2 amide bonds. The van der Waals surface area contributed by atoms with Crippen LogP contribution in [0.3, 0.4) is 0 Å². The Morgan fingerprint density at radius 3 is 2.60 bits per heavy atom. The highest BCUT2D eigenvalue weighted by Gasteiger charge is 2.68. The van der Waals surface area contributed by atoms with Crippen molar-refractivity contribution in [1.29, 1.82) is 0 Å². The lowest BCUT2D eigenvalue weighted by Gasteiger charge is -2.60. The van der Waals surface area contributed by atoms with Crippen LogP contribution in [0.2, 0.25) is 0 Å². The number of Topliss-reactive ketones (excluding diaryl/α,β-unsaturated/α-hetero) is 2. The Morgan fingerprint density at radius 1 is 1.05 bits per heavy atom. The molecule has 4 aliphatic carbocycles. The van der Waals surface area contributed by atoms with E-state index in [1.54, 1.807) is 6.08 Å². The number of hydrogen-bond donors (Lipinski definition) is 4. The molecular weight excluding hydrogens is 512 g/mol. The molecule has 8 atom stereocenters. The zero-order valence-corrected chi connectivity index (χ0v) is 23.8. The molecule has 4 fully saturated rings. The first-order chi connectivity index (χ1) is 18.9. The summed E-state index contributed by atoms with van der Waals surface area (Å²) in [6.45, 7) is 4.65. The average molecular weight is 557 g/mol.